The average molecular weight is 193 g/mol. The molecule has 1 rings (SSSR count). The molecular weight excluding hydrogens is 178 g/mol. The molecule has 0 aromatic carbocycles. The SMILES string of the molecule is CCC(C)(N)C(=O)Nc1cccnc1. The van der Waals surface area contributed by atoms with Crippen molar-refractivity contribution < 1.29 is 4.79 Å². The Kier molecular flexibility index (Phi) is 3.19. The Balaban J connectivity index is 2.67. The van der Waals surface area contributed by atoms with Gasteiger partial charge in [-0.2, -0.15) is 0 Å². The minimum Gasteiger partial charge on any atom is -0.323 e. The topological polar surface area (TPSA) is 68.0 Å². The van der Waals surface area contributed by atoms with Crippen LogP contribution < -0.4 is 11.1 Å². The van der Waals surface area contributed by atoms with E-state index in [1.807, 2.05) is 6.92 Å². The van der Waals surface area contributed by atoms with E-state index in [1.54, 1.807) is 31.5 Å². The van der Waals surface area contributed by atoms with Crippen molar-refractivity contribution in [3.8, 4) is 0 Å². The van der Waals surface area contributed by atoms with Crippen LogP contribution in [0.4, 0.5) is 5.69 Å². The maximum absolute atomic E-state index is 11.6. The summed E-state index contributed by atoms with van der Waals surface area (Å²) in [6.45, 7) is 3.58. The third-order valence-electron chi connectivity index (χ3n) is 2.17. The summed E-state index contributed by atoms with van der Waals surface area (Å²) in [5.74, 6) is -0.187. The zero-order chi connectivity index (χ0) is 10.6. The summed E-state index contributed by atoms with van der Waals surface area (Å²) in [7, 11) is 0. The molecule has 1 atom stereocenters. The summed E-state index contributed by atoms with van der Waals surface area (Å²) in [4.78, 5) is 15.5. The number of pyridine rings is 1. The lowest BCUT2D eigenvalue weighted by Crippen LogP contribution is -2.47. The Hall–Kier alpha value is -1.42. The zero-order valence-corrected chi connectivity index (χ0v) is 8.45. The average Bonchev–Trinajstić information content (AvgIpc) is 2.19. The third-order valence-corrected chi connectivity index (χ3v) is 2.17. The number of nitrogens with two attached hydrogens (primary N) is 1. The van der Waals surface area contributed by atoms with Crippen LogP contribution in [0.1, 0.15) is 20.3 Å². The van der Waals surface area contributed by atoms with E-state index in [4.69, 9.17) is 5.73 Å². The highest BCUT2D eigenvalue weighted by molar-refractivity contribution is 5.97. The molecular formula is C10H15N3O. The van der Waals surface area contributed by atoms with Crippen LogP contribution in [0.15, 0.2) is 24.5 Å². The lowest BCUT2D eigenvalue weighted by molar-refractivity contribution is -0.120. The molecule has 0 spiro atoms. The van der Waals surface area contributed by atoms with Gasteiger partial charge in [-0.25, -0.2) is 0 Å². The molecule has 0 saturated carbocycles. The van der Waals surface area contributed by atoms with Gasteiger partial charge in [-0.05, 0) is 25.5 Å². The smallest absolute Gasteiger partial charge is 0.244 e. The molecule has 4 nitrogen and oxygen atoms in total. The van der Waals surface area contributed by atoms with Crippen molar-refractivity contribution in [3.05, 3.63) is 24.5 Å². The van der Waals surface area contributed by atoms with Crippen molar-refractivity contribution in [2.75, 3.05) is 5.32 Å². The van der Waals surface area contributed by atoms with Gasteiger partial charge in [0.25, 0.3) is 0 Å². The summed E-state index contributed by atoms with van der Waals surface area (Å²) in [6, 6.07) is 3.53. The highest BCUT2D eigenvalue weighted by Gasteiger charge is 2.25. The Bertz CT molecular complexity index is 308. The van der Waals surface area contributed by atoms with Crippen LogP contribution >= 0.6 is 0 Å². The van der Waals surface area contributed by atoms with Crippen molar-refractivity contribution >= 4 is 11.6 Å². The van der Waals surface area contributed by atoms with E-state index in [2.05, 4.69) is 10.3 Å². The first-order valence-electron chi connectivity index (χ1n) is 4.56. The lowest BCUT2D eigenvalue weighted by Gasteiger charge is -2.21. The summed E-state index contributed by atoms with van der Waals surface area (Å²) in [6.07, 6.45) is 3.83. The van der Waals surface area contributed by atoms with Crippen LogP contribution in [0.25, 0.3) is 0 Å². The third kappa shape index (κ3) is 2.53. The minimum absolute atomic E-state index is 0.187. The largest absolute Gasteiger partial charge is 0.323 e. The Morgan fingerprint density at radius 2 is 2.43 bits per heavy atom. The molecule has 0 saturated heterocycles. The highest BCUT2D eigenvalue weighted by Crippen LogP contribution is 2.10. The quantitative estimate of drug-likeness (QED) is 0.756. The van der Waals surface area contributed by atoms with Gasteiger partial charge in [0.05, 0.1) is 17.4 Å². The molecule has 0 aliphatic rings. The summed E-state index contributed by atoms with van der Waals surface area (Å²) < 4.78 is 0. The summed E-state index contributed by atoms with van der Waals surface area (Å²) in [5.41, 5.74) is 5.62. The molecule has 0 aliphatic heterocycles. The first-order valence-corrected chi connectivity index (χ1v) is 4.56. The predicted octanol–water partition coefficient (Wildman–Crippen LogP) is 1.15. The van der Waals surface area contributed by atoms with E-state index in [9.17, 15) is 4.79 Å². The molecule has 0 aliphatic carbocycles. The van der Waals surface area contributed by atoms with Crippen LogP contribution in [-0.2, 0) is 4.79 Å². The molecule has 76 valence electrons. The molecule has 1 unspecified atom stereocenters. The molecule has 14 heavy (non-hydrogen) atoms. The molecule has 0 fully saturated rings. The summed E-state index contributed by atoms with van der Waals surface area (Å²) >= 11 is 0. The standard InChI is InChI=1S/C10H15N3O/c1-3-10(2,11)9(14)13-8-5-4-6-12-7-8/h4-7H,3,11H2,1-2H3,(H,13,14). The Morgan fingerprint density at radius 1 is 1.71 bits per heavy atom. The van der Waals surface area contributed by atoms with Gasteiger partial charge in [-0.3, -0.25) is 9.78 Å². The number of anilines is 1. The van der Waals surface area contributed by atoms with Crippen LogP contribution in [0, 0.1) is 0 Å². The van der Waals surface area contributed by atoms with Crippen molar-refractivity contribution in [1.82, 2.24) is 4.98 Å². The molecule has 0 bridgehead atoms. The maximum Gasteiger partial charge on any atom is 0.244 e. The van der Waals surface area contributed by atoms with E-state index < -0.39 is 5.54 Å². The predicted molar refractivity (Wildman–Crippen MR) is 55.8 cm³/mol. The number of carbonyl (C=O) groups excluding carboxylic acids is 1. The number of amides is 1. The molecule has 1 amide bonds. The van der Waals surface area contributed by atoms with E-state index in [-0.39, 0.29) is 5.91 Å². The monoisotopic (exact) mass is 193 g/mol. The van der Waals surface area contributed by atoms with Gasteiger partial charge in [-0.15, -0.1) is 0 Å². The van der Waals surface area contributed by atoms with Gasteiger partial charge >= 0.3 is 0 Å². The molecule has 1 heterocycles. The number of hydrogen-bond acceptors (Lipinski definition) is 3. The van der Waals surface area contributed by atoms with E-state index in [1.165, 1.54) is 0 Å². The van der Waals surface area contributed by atoms with Crippen molar-refractivity contribution in [2.45, 2.75) is 25.8 Å². The number of rotatable bonds is 3. The van der Waals surface area contributed by atoms with Gasteiger partial charge in [0.15, 0.2) is 0 Å². The first-order chi connectivity index (χ1) is 6.56. The van der Waals surface area contributed by atoms with Gasteiger partial charge < -0.3 is 11.1 Å². The molecule has 4 heteroatoms. The number of aromatic nitrogens is 1. The minimum atomic E-state index is -0.824. The van der Waals surface area contributed by atoms with Crippen LogP contribution in [0.2, 0.25) is 0 Å². The normalized spacial score (nSPS) is 14.5. The van der Waals surface area contributed by atoms with Crippen LogP contribution in [-0.4, -0.2) is 16.4 Å². The fraction of sp³-hybridized carbons (Fsp3) is 0.400. The van der Waals surface area contributed by atoms with Gasteiger partial charge in [0.1, 0.15) is 0 Å². The van der Waals surface area contributed by atoms with Crippen LogP contribution in [0.3, 0.4) is 0 Å². The van der Waals surface area contributed by atoms with E-state index >= 15 is 0 Å². The second-order valence-corrected chi connectivity index (χ2v) is 3.47. The first kappa shape index (κ1) is 10.7. The van der Waals surface area contributed by atoms with Crippen molar-refractivity contribution in [2.24, 2.45) is 5.73 Å². The number of nitrogens with zero attached hydrogens (tertiary/aromatic N) is 1. The molecule has 0 radical (unpaired) electrons. The molecule has 3 N–H and O–H groups in total. The van der Waals surface area contributed by atoms with Crippen molar-refractivity contribution in [3.63, 3.8) is 0 Å². The Labute approximate surface area is 83.5 Å². The number of nitrogens with one attached hydrogen (secondary N) is 1. The fourth-order valence-corrected chi connectivity index (χ4v) is 0.871. The zero-order valence-electron chi connectivity index (χ0n) is 8.45. The fourth-order valence-electron chi connectivity index (χ4n) is 0.871. The van der Waals surface area contributed by atoms with Gasteiger partial charge in [-0.1, -0.05) is 6.92 Å². The lowest BCUT2D eigenvalue weighted by atomic mass is 9.99. The second kappa shape index (κ2) is 4.19. The van der Waals surface area contributed by atoms with E-state index in [0.29, 0.717) is 12.1 Å². The van der Waals surface area contributed by atoms with E-state index in [0.717, 1.165) is 0 Å². The number of carbonyl (C=O) groups is 1. The highest BCUT2D eigenvalue weighted by atomic mass is 16.2. The molecule has 1 aromatic rings. The van der Waals surface area contributed by atoms with Gasteiger partial charge in [0.2, 0.25) is 5.91 Å². The van der Waals surface area contributed by atoms with Gasteiger partial charge in [0, 0.05) is 6.20 Å². The number of hydrogen-bond donors (Lipinski definition) is 2. The summed E-state index contributed by atoms with van der Waals surface area (Å²) in [5, 5.41) is 2.71. The second-order valence-electron chi connectivity index (χ2n) is 3.47. The molecule has 1 aromatic heterocycles. The maximum atomic E-state index is 11.6. The van der Waals surface area contributed by atoms with Crippen molar-refractivity contribution in [1.29, 1.82) is 0 Å². The van der Waals surface area contributed by atoms with Crippen LogP contribution in [0.5, 0.6) is 0 Å². The Morgan fingerprint density at radius 3 is 2.93 bits per heavy atom.